The highest BCUT2D eigenvalue weighted by Gasteiger charge is 2.23. The van der Waals surface area contributed by atoms with Crippen LogP contribution in [0.3, 0.4) is 0 Å². The molecule has 0 bridgehead atoms. The molecular weight excluding hydrogens is 334 g/mol. The normalized spacial score (nSPS) is 11.8. The highest BCUT2D eigenvalue weighted by Crippen LogP contribution is 2.33. The Morgan fingerprint density at radius 2 is 1.56 bits per heavy atom. The average Bonchev–Trinajstić information content (AvgIpc) is 2.53. The number of benzene rings is 2. The number of sulfonamides is 1. The monoisotopic (exact) mass is 361 g/mol. The summed E-state index contributed by atoms with van der Waals surface area (Å²) in [5, 5.41) is 0. The first-order valence-corrected chi connectivity index (χ1v) is 9.96. The van der Waals surface area contributed by atoms with Gasteiger partial charge in [-0.1, -0.05) is 45.9 Å². The third-order valence-electron chi connectivity index (χ3n) is 4.29. The number of nitrogens with one attached hydrogen (secondary N) is 1. The lowest BCUT2D eigenvalue weighted by Crippen LogP contribution is -2.16. The lowest BCUT2D eigenvalue weighted by molar-refractivity contribution is 0.402. The highest BCUT2D eigenvalue weighted by molar-refractivity contribution is 7.92. The van der Waals surface area contributed by atoms with Crippen molar-refractivity contribution in [3.8, 4) is 5.75 Å². The van der Waals surface area contributed by atoms with Crippen LogP contribution in [-0.2, 0) is 10.0 Å². The summed E-state index contributed by atoms with van der Waals surface area (Å²) in [6.45, 7) is 10.1. The van der Waals surface area contributed by atoms with Crippen LogP contribution >= 0.6 is 0 Å². The first-order valence-electron chi connectivity index (χ1n) is 8.47. The maximum absolute atomic E-state index is 13.1. The summed E-state index contributed by atoms with van der Waals surface area (Å²) < 4.78 is 34.2. The minimum absolute atomic E-state index is 0.169. The van der Waals surface area contributed by atoms with Crippen LogP contribution in [0.25, 0.3) is 0 Å². The van der Waals surface area contributed by atoms with Gasteiger partial charge in [-0.25, -0.2) is 8.42 Å². The van der Waals surface area contributed by atoms with E-state index in [2.05, 4.69) is 4.72 Å². The summed E-state index contributed by atoms with van der Waals surface area (Å²) >= 11 is 0. The fourth-order valence-corrected chi connectivity index (χ4v) is 4.24. The molecule has 4 nitrogen and oxygen atoms in total. The van der Waals surface area contributed by atoms with Gasteiger partial charge in [-0.05, 0) is 53.6 Å². The summed E-state index contributed by atoms with van der Waals surface area (Å²) in [4.78, 5) is 0.169. The Bertz CT molecular complexity index is 855. The molecule has 0 aliphatic carbocycles. The summed E-state index contributed by atoms with van der Waals surface area (Å²) in [5.74, 6) is 0.796. The summed E-state index contributed by atoms with van der Waals surface area (Å²) in [5.41, 5.74) is 3.58. The minimum atomic E-state index is -3.76. The number of aryl methyl sites for hydroxylation is 1. The molecule has 0 atom stereocenters. The largest absolute Gasteiger partial charge is 0.495 e. The Morgan fingerprint density at radius 1 is 0.960 bits per heavy atom. The van der Waals surface area contributed by atoms with Gasteiger partial charge in [0.05, 0.1) is 12.8 Å². The second-order valence-electron chi connectivity index (χ2n) is 6.86. The molecule has 0 aromatic heterocycles. The lowest BCUT2D eigenvalue weighted by Gasteiger charge is -2.18. The number of hydrogen-bond donors (Lipinski definition) is 1. The van der Waals surface area contributed by atoms with E-state index in [1.807, 2.05) is 52.8 Å². The minimum Gasteiger partial charge on any atom is -0.495 e. The predicted octanol–water partition coefficient (Wildman–Crippen LogP) is 5.05. The van der Waals surface area contributed by atoms with Gasteiger partial charge in [0.2, 0.25) is 0 Å². The zero-order valence-corrected chi connectivity index (χ0v) is 16.6. The summed E-state index contributed by atoms with van der Waals surface area (Å²) in [6, 6.07) is 11.0. The molecule has 0 saturated heterocycles. The van der Waals surface area contributed by atoms with E-state index in [0.717, 1.165) is 16.7 Å². The first kappa shape index (κ1) is 19.3. The van der Waals surface area contributed by atoms with E-state index in [4.69, 9.17) is 4.74 Å². The van der Waals surface area contributed by atoms with E-state index in [1.54, 1.807) is 18.2 Å². The molecule has 0 unspecified atom stereocenters. The van der Waals surface area contributed by atoms with E-state index < -0.39 is 10.0 Å². The van der Waals surface area contributed by atoms with Crippen molar-refractivity contribution < 1.29 is 13.2 Å². The van der Waals surface area contributed by atoms with Crippen LogP contribution in [0.4, 0.5) is 5.69 Å². The van der Waals surface area contributed by atoms with Crippen molar-refractivity contribution in [2.75, 3.05) is 11.8 Å². The molecule has 25 heavy (non-hydrogen) atoms. The van der Waals surface area contributed by atoms with Crippen molar-refractivity contribution in [3.63, 3.8) is 0 Å². The molecule has 0 aliphatic heterocycles. The van der Waals surface area contributed by atoms with E-state index >= 15 is 0 Å². The predicted molar refractivity (Wildman–Crippen MR) is 103 cm³/mol. The molecule has 0 fully saturated rings. The molecule has 1 N–H and O–H groups in total. The van der Waals surface area contributed by atoms with Gasteiger partial charge >= 0.3 is 0 Å². The number of anilines is 1. The quantitative estimate of drug-likeness (QED) is 0.783. The first-order chi connectivity index (χ1) is 11.7. The number of ether oxygens (including phenoxy) is 1. The second-order valence-corrected chi connectivity index (χ2v) is 8.51. The fourth-order valence-electron chi connectivity index (χ4n) is 2.96. The smallest absolute Gasteiger partial charge is 0.265 e. The Labute approximate surface area is 151 Å². The molecule has 5 heteroatoms. The van der Waals surface area contributed by atoms with Gasteiger partial charge < -0.3 is 4.74 Å². The van der Waals surface area contributed by atoms with E-state index in [9.17, 15) is 8.42 Å². The molecule has 2 rings (SSSR count). The molecule has 136 valence electrons. The van der Waals surface area contributed by atoms with E-state index in [1.165, 1.54) is 7.11 Å². The average molecular weight is 362 g/mol. The molecule has 0 amide bonds. The highest BCUT2D eigenvalue weighted by atomic mass is 32.2. The summed E-state index contributed by atoms with van der Waals surface area (Å²) in [6.07, 6.45) is 0. The van der Waals surface area contributed by atoms with Gasteiger partial charge in [0, 0.05) is 0 Å². The van der Waals surface area contributed by atoms with Gasteiger partial charge in [-0.3, -0.25) is 4.72 Å². The van der Waals surface area contributed by atoms with Crippen LogP contribution in [0.1, 0.15) is 56.2 Å². The topological polar surface area (TPSA) is 55.4 Å². The van der Waals surface area contributed by atoms with Crippen LogP contribution in [0.15, 0.2) is 41.3 Å². The SMILES string of the molecule is COc1cc(C)c(C(C)C)cc1S(=O)(=O)Nc1ccccc1C(C)C. The maximum Gasteiger partial charge on any atom is 0.265 e. The standard InChI is InChI=1S/C20H27NO3S/c1-13(2)16-9-7-8-10-18(16)21-25(22,23)20-12-17(14(3)4)15(5)11-19(20)24-6/h7-14,21H,1-6H3. The molecule has 0 aliphatic rings. The number of rotatable bonds is 6. The van der Waals surface area contributed by atoms with Crippen molar-refractivity contribution in [3.05, 3.63) is 53.1 Å². The van der Waals surface area contributed by atoms with Crippen LogP contribution in [0, 0.1) is 6.92 Å². The van der Waals surface area contributed by atoms with Crippen LogP contribution in [0.5, 0.6) is 5.75 Å². The number of hydrogen-bond acceptors (Lipinski definition) is 3. The Kier molecular flexibility index (Phi) is 5.78. The zero-order chi connectivity index (χ0) is 18.8. The van der Waals surface area contributed by atoms with Gasteiger partial charge in [-0.15, -0.1) is 0 Å². The number of methoxy groups -OCH3 is 1. The van der Waals surface area contributed by atoms with Gasteiger partial charge in [0.25, 0.3) is 10.0 Å². The van der Waals surface area contributed by atoms with Crippen molar-refractivity contribution in [1.82, 2.24) is 0 Å². The van der Waals surface area contributed by atoms with Crippen molar-refractivity contribution >= 4 is 15.7 Å². The fraction of sp³-hybridized carbons (Fsp3) is 0.400. The second kappa shape index (κ2) is 7.48. The van der Waals surface area contributed by atoms with Gasteiger partial charge in [-0.2, -0.15) is 0 Å². The molecule has 0 radical (unpaired) electrons. The van der Waals surface area contributed by atoms with E-state index in [-0.39, 0.29) is 16.7 Å². The zero-order valence-electron chi connectivity index (χ0n) is 15.8. The molecule has 2 aromatic rings. The molecular formula is C20H27NO3S. The van der Waals surface area contributed by atoms with Crippen molar-refractivity contribution in [1.29, 1.82) is 0 Å². The molecule has 0 saturated carbocycles. The lowest BCUT2D eigenvalue weighted by atomic mass is 9.98. The van der Waals surface area contributed by atoms with Crippen LogP contribution in [-0.4, -0.2) is 15.5 Å². The van der Waals surface area contributed by atoms with Crippen LogP contribution < -0.4 is 9.46 Å². The number of para-hydroxylation sites is 1. The summed E-state index contributed by atoms with van der Waals surface area (Å²) in [7, 11) is -2.27. The molecule has 0 heterocycles. The van der Waals surface area contributed by atoms with Crippen LogP contribution in [0.2, 0.25) is 0 Å². The van der Waals surface area contributed by atoms with Gasteiger partial charge in [0.15, 0.2) is 0 Å². The van der Waals surface area contributed by atoms with Crippen molar-refractivity contribution in [2.24, 2.45) is 0 Å². The third-order valence-corrected chi connectivity index (χ3v) is 5.68. The molecule has 2 aromatic carbocycles. The molecule has 0 spiro atoms. The van der Waals surface area contributed by atoms with E-state index in [0.29, 0.717) is 11.4 Å². The van der Waals surface area contributed by atoms with Gasteiger partial charge in [0.1, 0.15) is 10.6 Å². The van der Waals surface area contributed by atoms with Crippen molar-refractivity contribution in [2.45, 2.75) is 51.3 Å². The Hall–Kier alpha value is -2.01. The Morgan fingerprint density at radius 3 is 2.12 bits per heavy atom. The third kappa shape index (κ3) is 4.15. The Balaban J connectivity index is 2.55. The maximum atomic E-state index is 13.1.